The van der Waals surface area contributed by atoms with Crippen molar-refractivity contribution in [3.63, 3.8) is 0 Å². The van der Waals surface area contributed by atoms with Crippen molar-refractivity contribution in [2.45, 2.75) is 69.3 Å². The number of rotatable bonds is 4. The van der Waals surface area contributed by atoms with Gasteiger partial charge in [0.2, 0.25) is 5.91 Å². The Morgan fingerprint density at radius 3 is 2.58 bits per heavy atom. The van der Waals surface area contributed by atoms with Crippen LogP contribution in [-0.2, 0) is 4.79 Å². The van der Waals surface area contributed by atoms with Gasteiger partial charge in [0, 0.05) is 11.7 Å². The van der Waals surface area contributed by atoms with Crippen molar-refractivity contribution in [3.05, 3.63) is 11.4 Å². The smallest absolute Gasteiger partial charge is 0.230 e. The Labute approximate surface area is 119 Å². The molecule has 0 spiro atoms. The normalized spacial score (nSPS) is 18.5. The van der Waals surface area contributed by atoms with Crippen molar-refractivity contribution < 1.29 is 4.79 Å². The van der Waals surface area contributed by atoms with Gasteiger partial charge in [0.05, 0.1) is 10.9 Å². The Morgan fingerprint density at radius 1 is 1.37 bits per heavy atom. The minimum Gasteiger partial charge on any atom is -0.369 e. The summed E-state index contributed by atoms with van der Waals surface area (Å²) in [5.74, 6) is -0.279. The predicted molar refractivity (Wildman–Crippen MR) is 78.3 cm³/mol. The lowest BCUT2D eigenvalue weighted by molar-refractivity contribution is -0.117. The van der Waals surface area contributed by atoms with E-state index < -0.39 is 0 Å². The number of aromatic nitrogens is 2. The molecule has 1 heterocycles. The van der Waals surface area contributed by atoms with Crippen molar-refractivity contribution in [2.75, 3.05) is 0 Å². The van der Waals surface area contributed by atoms with Crippen LogP contribution >= 0.6 is 11.8 Å². The van der Waals surface area contributed by atoms with Crippen LogP contribution in [0.2, 0.25) is 0 Å². The van der Waals surface area contributed by atoms with Gasteiger partial charge in [-0.25, -0.2) is 4.98 Å². The molecule has 2 N–H and O–H groups in total. The first-order valence-corrected chi connectivity index (χ1v) is 7.90. The molecule has 1 aliphatic carbocycles. The van der Waals surface area contributed by atoms with E-state index in [9.17, 15) is 4.79 Å². The number of amides is 1. The fourth-order valence-electron chi connectivity index (χ4n) is 2.66. The van der Waals surface area contributed by atoms with Crippen molar-refractivity contribution in [2.24, 2.45) is 5.73 Å². The van der Waals surface area contributed by atoms with Gasteiger partial charge in [0.25, 0.3) is 0 Å². The Morgan fingerprint density at radius 2 is 2.00 bits per heavy atom. The average Bonchev–Trinajstić information content (AvgIpc) is 2.66. The summed E-state index contributed by atoms with van der Waals surface area (Å²) in [6.07, 6.45) is 6.35. The maximum Gasteiger partial charge on any atom is 0.230 e. The number of aryl methyl sites for hydroxylation is 1. The van der Waals surface area contributed by atoms with E-state index in [1.807, 2.05) is 13.8 Å². The van der Waals surface area contributed by atoms with Crippen LogP contribution in [0.5, 0.6) is 0 Å². The van der Waals surface area contributed by atoms with E-state index in [0.717, 1.165) is 10.9 Å². The van der Waals surface area contributed by atoms with Crippen LogP contribution in [0.25, 0.3) is 0 Å². The maximum absolute atomic E-state index is 11.2. The topological polar surface area (TPSA) is 60.9 Å². The molecule has 106 valence electrons. The van der Waals surface area contributed by atoms with E-state index >= 15 is 0 Å². The van der Waals surface area contributed by atoms with Gasteiger partial charge in [-0.05, 0) is 33.6 Å². The number of nitrogens with two attached hydrogens (primary N) is 1. The van der Waals surface area contributed by atoms with Gasteiger partial charge in [-0.2, -0.15) is 0 Å². The van der Waals surface area contributed by atoms with E-state index in [-0.39, 0.29) is 11.2 Å². The lowest BCUT2D eigenvalue weighted by Crippen LogP contribution is -2.23. The van der Waals surface area contributed by atoms with Crippen LogP contribution in [0.3, 0.4) is 0 Å². The Kier molecular flexibility index (Phi) is 4.55. The minimum absolute atomic E-state index is 0.233. The van der Waals surface area contributed by atoms with Gasteiger partial charge >= 0.3 is 0 Å². The third kappa shape index (κ3) is 3.14. The molecule has 0 aromatic carbocycles. The number of nitrogens with zero attached hydrogens (tertiary/aromatic N) is 2. The highest BCUT2D eigenvalue weighted by atomic mass is 32.2. The number of carbonyl (C=O) groups excluding carboxylic acids is 1. The van der Waals surface area contributed by atoms with E-state index in [0.29, 0.717) is 6.04 Å². The molecule has 2 rings (SSSR count). The van der Waals surface area contributed by atoms with Gasteiger partial charge < -0.3 is 10.3 Å². The first kappa shape index (κ1) is 14.4. The van der Waals surface area contributed by atoms with Crippen molar-refractivity contribution in [3.8, 4) is 0 Å². The van der Waals surface area contributed by atoms with E-state index in [2.05, 4.69) is 16.5 Å². The van der Waals surface area contributed by atoms with Crippen LogP contribution < -0.4 is 5.73 Å². The summed E-state index contributed by atoms with van der Waals surface area (Å²) in [6.45, 7) is 6.00. The van der Waals surface area contributed by atoms with Crippen LogP contribution in [0.4, 0.5) is 0 Å². The highest BCUT2D eigenvalue weighted by molar-refractivity contribution is 8.00. The first-order chi connectivity index (χ1) is 9.00. The molecule has 1 saturated carbocycles. The summed E-state index contributed by atoms with van der Waals surface area (Å²) in [5.41, 5.74) is 7.65. The molecule has 1 aliphatic rings. The fraction of sp³-hybridized carbons (Fsp3) is 0.714. The zero-order valence-electron chi connectivity index (χ0n) is 12.0. The first-order valence-electron chi connectivity index (χ1n) is 7.02. The van der Waals surface area contributed by atoms with E-state index in [1.54, 1.807) is 0 Å². The zero-order valence-corrected chi connectivity index (χ0v) is 12.8. The average molecular weight is 281 g/mol. The number of carbonyl (C=O) groups is 1. The number of primary amides is 1. The monoisotopic (exact) mass is 281 g/mol. The van der Waals surface area contributed by atoms with Gasteiger partial charge in [-0.15, -0.1) is 0 Å². The maximum atomic E-state index is 11.2. The lowest BCUT2D eigenvalue weighted by atomic mass is 9.95. The quantitative estimate of drug-likeness (QED) is 0.863. The Balaban J connectivity index is 2.27. The van der Waals surface area contributed by atoms with Gasteiger partial charge in [0.1, 0.15) is 0 Å². The Bertz CT molecular complexity index is 464. The molecule has 19 heavy (non-hydrogen) atoms. The van der Waals surface area contributed by atoms with Crippen LogP contribution in [0, 0.1) is 13.8 Å². The fourth-order valence-corrected chi connectivity index (χ4v) is 3.69. The van der Waals surface area contributed by atoms with Gasteiger partial charge in [-0.1, -0.05) is 31.0 Å². The largest absolute Gasteiger partial charge is 0.369 e. The molecule has 0 bridgehead atoms. The third-order valence-corrected chi connectivity index (χ3v) is 5.06. The predicted octanol–water partition coefficient (Wildman–Crippen LogP) is 2.97. The molecule has 0 aliphatic heterocycles. The standard InChI is InChI=1S/C14H23N3OS/c1-9-10(2)17(12-7-5-4-6-8-12)14(16-9)19-11(3)13(15)18/h11-12H,4-8H2,1-3H3,(H2,15,18)/t11-/m0/s1. The van der Waals surface area contributed by atoms with Gasteiger partial charge in [0.15, 0.2) is 5.16 Å². The molecular weight excluding hydrogens is 258 g/mol. The van der Waals surface area contributed by atoms with Gasteiger partial charge in [-0.3, -0.25) is 4.79 Å². The highest BCUT2D eigenvalue weighted by Crippen LogP contribution is 2.35. The van der Waals surface area contributed by atoms with Crippen molar-refractivity contribution in [1.82, 2.24) is 9.55 Å². The summed E-state index contributed by atoms with van der Waals surface area (Å²) in [5, 5.41) is 0.719. The van der Waals surface area contributed by atoms with Crippen LogP contribution in [-0.4, -0.2) is 20.7 Å². The number of hydrogen-bond acceptors (Lipinski definition) is 3. The summed E-state index contributed by atoms with van der Waals surface area (Å²) in [6, 6.07) is 0.539. The minimum atomic E-state index is -0.279. The zero-order chi connectivity index (χ0) is 14.0. The summed E-state index contributed by atoms with van der Waals surface area (Å²) in [4.78, 5) is 15.9. The van der Waals surface area contributed by atoms with Crippen molar-refractivity contribution in [1.29, 1.82) is 0 Å². The van der Waals surface area contributed by atoms with Crippen molar-refractivity contribution >= 4 is 17.7 Å². The van der Waals surface area contributed by atoms with E-state index in [1.165, 1.54) is 49.6 Å². The molecule has 4 nitrogen and oxygen atoms in total. The van der Waals surface area contributed by atoms with Crippen LogP contribution in [0.1, 0.15) is 56.5 Å². The lowest BCUT2D eigenvalue weighted by Gasteiger charge is -2.26. The molecule has 1 aromatic rings. The third-order valence-electron chi connectivity index (χ3n) is 3.98. The Hall–Kier alpha value is -0.970. The molecule has 0 radical (unpaired) electrons. The molecule has 1 fully saturated rings. The number of imidazole rings is 1. The molecule has 5 heteroatoms. The molecular formula is C14H23N3OS. The summed E-state index contributed by atoms with van der Waals surface area (Å²) < 4.78 is 2.33. The second-order valence-electron chi connectivity index (χ2n) is 5.39. The SMILES string of the molecule is Cc1nc(S[C@@H](C)C(N)=O)n(C2CCCCC2)c1C. The molecule has 1 aromatic heterocycles. The summed E-state index contributed by atoms with van der Waals surface area (Å²) >= 11 is 1.48. The number of hydrogen-bond donors (Lipinski definition) is 1. The molecule has 1 atom stereocenters. The highest BCUT2D eigenvalue weighted by Gasteiger charge is 2.24. The summed E-state index contributed by atoms with van der Waals surface area (Å²) in [7, 11) is 0. The molecule has 0 unspecified atom stereocenters. The van der Waals surface area contributed by atoms with Crippen LogP contribution in [0.15, 0.2) is 5.16 Å². The molecule has 1 amide bonds. The number of thioether (sulfide) groups is 1. The van der Waals surface area contributed by atoms with E-state index in [4.69, 9.17) is 5.73 Å². The second-order valence-corrected chi connectivity index (χ2v) is 6.70. The molecule has 0 saturated heterocycles. The second kappa shape index (κ2) is 5.99.